The van der Waals surface area contributed by atoms with Crippen molar-refractivity contribution >= 4 is 21.6 Å². The summed E-state index contributed by atoms with van der Waals surface area (Å²) in [7, 11) is -1.94. The maximum Gasteiger partial charge on any atom is 0.270 e. The zero-order chi connectivity index (χ0) is 16.9. The molecule has 0 aliphatic carbocycles. The van der Waals surface area contributed by atoms with E-state index in [2.05, 4.69) is 0 Å². The van der Waals surface area contributed by atoms with Crippen LogP contribution in [0.4, 0.5) is 5.69 Å². The van der Waals surface area contributed by atoms with Crippen molar-refractivity contribution in [3.63, 3.8) is 0 Å². The average molecular weight is 333 g/mol. The first kappa shape index (κ1) is 16.7. The van der Waals surface area contributed by atoms with Gasteiger partial charge in [0.2, 0.25) is 0 Å². The van der Waals surface area contributed by atoms with E-state index in [-0.39, 0.29) is 11.4 Å². The smallest absolute Gasteiger partial charge is 0.270 e. The van der Waals surface area contributed by atoms with Gasteiger partial charge in [-0.2, -0.15) is 0 Å². The van der Waals surface area contributed by atoms with Gasteiger partial charge < -0.3 is 4.74 Å². The molecule has 0 spiro atoms. The number of hydrogen-bond donors (Lipinski definition) is 0. The monoisotopic (exact) mass is 333 g/mol. The second-order valence-electron chi connectivity index (χ2n) is 4.81. The molecule has 0 aliphatic rings. The Morgan fingerprint density at radius 1 is 1.17 bits per heavy atom. The molecule has 0 saturated heterocycles. The van der Waals surface area contributed by atoms with Crippen molar-refractivity contribution in [2.75, 3.05) is 7.11 Å². The Balaban J connectivity index is 2.13. The van der Waals surface area contributed by atoms with E-state index in [9.17, 15) is 18.5 Å². The number of benzene rings is 2. The lowest BCUT2D eigenvalue weighted by molar-refractivity contribution is -0.384. The standard InChI is InChI=1S/C16H15NO5S/c1-22-16-7-5-14(6-8-16)12-23(20,21)10-9-13-3-2-4-15(11-13)17(18)19/h2-11H,12H2,1H3/b10-9+. The summed E-state index contributed by atoms with van der Waals surface area (Å²) in [5.41, 5.74) is 1.01. The number of nitrogens with zero attached hydrogens (tertiary/aromatic N) is 1. The van der Waals surface area contributed by atoms with Crippen LogP contribution < -0.4 is 4.74 Å². The topological polar surface area (TPSA) is 86.5 Å². The normalized spacial score (nSPS) is 11.5. The van der Waals surface area contributed by atoms with E-state index in [0.717, 1.165) is 5.41 Å². The van der Waals surface area contributed by atoms with Crippen molar-refractivity contribution < 1.29 is 18.1 Å². The fourth-order valence-electron chi connectivity index (χ4n) is 1.93. The van der Waals surface area contributed by atoms with Crippen LogP contribution in [0.5, 0.6) is 5.75 Å². The lowest BCUT2D eigenvalue weighted by Crippen LogP contribution is -2.00. The van der Waals surface area contributed by atoms with E-state index in [1.54, 1.807) is 30.3 Å². The van der Waals surface area contributed by atoms with Crippen LogP contribution in [0.2, 0.25) is 0 Å². The molecule has 2 aromatic rings. The molecule has 0 atom stereocenters. The second-order valence-corrected chi connectivity index (χ2v) is 6.70. The molecule has 0 N–H and O–H groups in total. The summed E-state index contributed by atoms with van der Waals surface area (Å²) < 4.78 is 29.2. The third-order valence-corrected chi connectivity index (χ3v) is 4.36. The quantitative estimate of drug-likeness (QED) is 0.598. The zero-order valence-electron chi connectivity index (χ0n) is 12.4. The number of sulfone groups is 1. The van der Waals surface area contributed by atoms with Crippen molar-refractivity contribution in [1.82, 2.24) is 0 Å². The zero-order valence-corrected chi connectivity index (χ0v) is 13.2. The lowest BCUT2D eigenvalue weighted by atomic mass is 10.2. The Hall–Kier alpha value is -2.67. The Morgan fingerprint density at radius 2 is 1.87 bits per heavy atom. The van der Waals surface area contributed by atoms with Gasteiger partial charge in [-0.3, -0.25) is 10.1 Å². The van der Waals surface area contributed by atoms with Gasteiger partial charge in [-0.25, -0.2) is 8.42 Å². The Morgan fingerprint density at radius 3 is 2.48 bits per heavy atom. The van der Waals surface area contributed by atoms with Gasteiger partial charge in [0, 0.05) is 17.5 Å². The summed E-state index contributed by atoms with van der Waals surface area (Å²) >= 11 is 0. The molecule has 0 saturated carbocycles. The number of nitro benzene ring substituents is 1. The van der Waals surface area contributed by atoms with Gasteiger partial charge in [0.25, 0.3) is 5.69 Å². The molecule has 2 aromatic carbocycles. The van der Waals surface area contributed by atoms with E-state index < -0.39 is 14.8 Å². The van der Waals surface area contributed by atoms with E-state index in [1.165, 1.54) is 31.4 Å². The van der Waals surface area contributed by atoms with Crippen LogP contribution in [-0.4, -0.2) is 20.5 Å². The summed E-state index contributed by atoms with van der Waals surface area (Å²) in [6, 6.07) is 12.5. The summed E-state index contributed by atoms with van der Waals surface area (Å²) in [6.45, 7) is 0. The first-order valence-electron chi connectivity index (χ1n) is 6.68. The predicted octanol–water partition coefficient (Wildman–Crippen LogP) is 3.19. The van der Waals surface area contributed by atoms with E-state index in [1.807, 2.05) is 0 Å². The minimum Gasteiger partial charge on any atom is -0.497 e. The molecule has 120 valence electrons. The molecule has 0 heterocycles. The molecule has 0 bridgehead atoms. The number of methoxy groups -OCH3 is 1. The molecule has 0 aromatic heterocycles. The van der Waals surface area contributed by atoms with Gasteiger partial charge >= 0.3 is 0 Å². The molecule has 7 heteroatoms. The van der Waals surface area contributed by atoms with Gasteiger partial charge in [-0.1, -0.05) is 24.3 Å². The van der Waals surface area contributed by atoms with Gasteiger partial charge in [0.1, 0.15) is 5.75 Å². The highest BCUT2D eigenvalue weighted by Crippen LogP contribution is 2.17. The molecular formula is C16H15NO5S. The predicted molar refractivity (Wildman–Crippen MR) is 87.7 cm³/mol. The van der Waals surface area contributed by atoms with Gasteiger partial charge in [-0.15, -0.1) is 0 Å². The van der Waals surface area contributed by atoms with E-state index in [4.69, 9.17) is 4.74 Å². The van der Waals surface area contributed by atoms with Gasteiger partial charge in [-0.05, 0) is 29.3 Å². The number of non-ortho nitro benzene ring substituents is 1. The first-order valence-corrected chi connectivity index (χ1v) is 8.39. The van der Waals surface area contributed by atoms with Crippen LogP contribution in [0.25, 0.3) is 6.08 Å². The van der Waals surface area contributed by atoms with Crippen molar-refractivity contribution in [3.05, 3.63) is 75.2 Å². The molecule has 0 fully saturated rings. The molecule has 2 rings (SSSR count). The average Bonchev–Trinajstić information content (AvgIpc) is 2.54. The first-order chi connectivity index (χ1) is 10.9. The maximum atomic E-state index is 12.1. The van der Waals surface area contributed by atoms with Gasteiger partial charge in [0.05, 0.1) is 17.8 Å². The number of ether oxygens (including phenoxy) is 1. The third-order valence-electron chi connectivity index (χ3n) is 3.08. The molecule has 0 radical (unpaired) electrons. The van der Waals surface area contributed by atoms with Crippen LogP contribution in [0, 0.1) is 10.1 Å². The third kappa shape index (κ3) is 4.93. The Kier molecular flexibility index (Phi) is 5.13. The highest BCUT2D eigenvalue weighted by atomic mass is 32.2. The summed E-state index contributed by atoms with van der Waals surface area (Å²) in [4.78, 5) is 10.2. The number of rotatable bonds is 6. The maximum absolute atomic E-state index is 12.1. The molecule has 0 amide bonds. The Labute approximate surface area is 134 Å². The van der Waals surface area contributed by atoms with Crippen LogP contribution >= 0.6 is 0 Å². The van der Waals surface area contributed by atoms with Crippen LogP contribution in [0.15, 0.2) is 53.9 Å². The number of hydrogen-bond acceptors (Lipinski definition) is 5. The van der Waals surface area contributed by atoms with Crippen molar-refractivity contribution in [3.8, 4) is 5.75 Å². The second kappa shape index (κ2) is 7.06. The largest absolute Gasteiger partial charge is 0.497 e. The fourth-order valence-corrected chi connectivity index (χ4v) is 3.04. The fraction of sp³-hybridized carbons (Fsp3) is 0.125. The Bertz CT molecular complexity index is 826. The highest BCUT2D eigenvalue weighted by Gasteiger charge is 2.09. The van der Waals surface area contributed by atoms with Crippen molar-refractivity contribution in [2.24, 2.45) is 0 Å². The molecule has 23 heavy (non-hydrogen) atoms. The molecular weight excluding hydrogens is 318 g/mol. The highest BCUT2D eigenvalue weighted by molar-refractivity contribution is 7.93. The van der Waals surface area contributed by atoms with Crippen LogP contribution in [-0.2, 0) is 15.6 Å². The van der Waals surface area contributed by atoms with Gasteiger partial charge in [0.15, 0.2) is 9.84 Å². The van der Waals surface area contributed by atoms with E-state index in [0.29, 0.717) is 16.9 Å². The summed E-state index contributed by atoms with van der Waals surface area (Å²) in [5, 5.41) is 11.8. The molecule has 6 nitrogen and oxygen atoms in total. The SMILES string of the molecule is COc1ccc(CS(=O)(=O)/C=C/c2cccc([N+](=O)[O-])c2)cc1. The minimum absolute atomic E-state index is 0.0836. The van der Waals surface area contributed by atoms with Crippen LogP contribution in [0.1, 0.15) is 11.1 Å². The summed E-state index contributed by atoms with van der Waals surface area (Å²) in [6.07, 6.45) is 1.35. The molecule has 0 aliphatic heterocycles. The van der Waals surface area contributed by atoms with Crippen molar-refractivity contribution in [1.29, 1.82) is 0 Å². The lowest BCUT2D eigenvalue weighted by Gasteiger charge is -2.02. The van der Waals surface area contributed by atoms with Crippen LogP contribution in [0.3, 0.4) is 0 Å². The van der Waals surface area contributed by atoms with E-state index >= 15 is 0 Å². The number of nitro groups is 1. The minimum atomic E-state index is -3.48. The molecule has 0 unspecified atom stereocenters. The van der Waals surface area contributed by atoms with Crippen molar-refractivity contribution in [2.45, 2.75) is 5.75 Å². The summed E-state index contributed by atoms with van der Waals surface area (Å²) in [5.74, 6) is 0.501.